The summed E-state index contributed by atoms with van der Waals surface area (Å²) in [5.74, 6) is 0. The molecule has 0 saturated carbocycles. The van der Waals surface area contributed by atoms with E-state index in [1.165, 1.54) is 12.1 Å². The third-order valence-electron chi connectivity index (χ3n) is 3.01. The maximum absolute atomic E-state index is 10.8. The van der Waals surface area contributed by atoms with Gasteiger partial charge in [-0.15, -0.1) is 0 Å². The van der Waals surface area contributed by atoms with E-state index in [4.69, 9.17) is 0 Å². The number of nitrogens with zero attached hydrogens (tertiary/aromatic N) is 2. The molecule has 5 heteroatoms. The van der Waals surface area contributed by atoms with Crippen molar-refractivity contribution in [3.8, 4) is 5.69 Å². The van der Waals surface area contributed by atoms with Crippen LogP contribution in [-0.4, -0.2) is 14.6 Å². The molecule has 1 aromatic heterocycles. The number of aliphatic hydroxyl groups is 1. The topological polar surface area (TPSA) is 68.3 Å². The van der Waals surface area contributed by atoms with E-state index in [0.717, 1.165) is 22.6 Å². The smallest absolute Gasteiger partial charge is 0.271 e. The molecule has 0 spiro atoms. The summed E-state index contributed by atoms with van der Waals surface area (Å²) in [4.78, 5) is 10.4. The normalized spacial score (nSPS) is 10.6. The Hall–Kier alpha value is -2.14. The third-order valence-corrected chi connectivity index (χ3v) is 3.01. The van der Waals surface area contributed by atoms with E-state index in [1.807, 2.05) is 30.5 Å². The first-order chi connectivity index (χ1) is 8.54. The molecule has 0 aliphatic heterocycles. The maximum atomic E-state index is 10.8. The molecular weight excluding hydrogens is 232 g/mol. The zero-order valence-electron chi connectivity index (χ0n) is 10.3. The molecule has 0 amide bonds. The van der Waals surface area contributed by atoms with Gasteiger partial charge in [0, 0.05) is 23.5 Å². The van der Waals surface area contributed by atoms with Gasteiger partial charge in [0.25, 0.3) is 5.69 Å². The van der Waals surface area contributed by atoms with Crippen molar-refractivity contribution < 1.29 is 10.0 Å². The average molecular weight is 246 g/mol. The average Bonchev–Trinajstić information content (AvgIpc) is 2.64. The van der Waals surface area contributed by atoms with Crippen molar-refractivity contribution in [2.45, 2.75) is 20.5 Å². The minimum absolute atomic E-state index is 0.0331. The van der Waals surface area contributed by atoms with Gasteiger partial charge in [-0.1, -0.05) is 6.07 Å². The Labute approximate surface area is 104 Å². The van der Waals surface area contributed by atoms with Crippen LogP contribution in [0.15, 0.2) is 30.3 Å². The van der Waals surface area contributed by atoms with Gasteiger partial charge in [0.05, 0.1) is 17.2 Å². The van der Waals surface area contributed by atoms with Crippen molar-refractivity contribution in [1.29, 1.82) is 0 Å². The highest BCUT2D eigenvalue weighted by Crippen LogP contribution is 2.23. The van der Waals surface area contributed by atoms with Crippen molar-refractivity contribution in [3.05, 3.63) is 57.4 Å². The molecule has 0 bridgehead atoms. The van der Waals surface area contributed by atoms with Crippen LogP contribution in [-0.2, 0) is 6.61 Å². The number of hydrogen-bond donors (Lipinski definition) is 1. The molecule has 94 valence electrons. The highest BCUT2D eigenvalue weighted by Gasteiger charge is 2.12. The molecule has 1 N–H and O–H groups in total. The van der Waals surface area contributed by atoms with Gasteiger partial charge in [-0.25, -0.2) is 0 Å². The standard InChI is InChI=1S/C13H14N2O3/c1-9-6-11(8-16)10(2)14(9)12-4-3-5-13(7-12)15(17)18/h3-7,16H,8H2,1-2H3. The van der Waals surface area contributed by atoms with Gasteiger partial charge in [-0.05, 0) is 31.5 Å². The van der Waals surface area contributed by atoms with Gasteiger partial charge in [-0.3, -0.25) is 10.1 Å². The molecular formula is C13H14N2O3. The maximum Gasteiger partial charge on any atom is 0.271 e. The molecule has 18 heavy (non-hydrogen) atoms. The SMILES string of the molecule is Cc1cc(CO)c(C)n1-c1cccc([N+](=O)[O-])c1. The van der Waals surface area contributed by atoms with Gasteiger partial charge in [0.15, 0.2) is 0 Å². The van der Waals surface area contributed by atoms with Crippen molar-refractivity contribution in [1.82, 2.24) is 4.57 Å². The van der Waals surface area contributed by atoms with E-state index in [2.05, 4.69) is 0 Å². The summed E-state index contributed by atoms with van der Waals surface area (Å²) in [6.45, 7) is 3.76. The predicted molar refractivity (Wildman–Crippen MR) is 67.8 cm³/mol. The minimum Gasteiger partial charge on any atom is -0.392 e. The van der Waals surface area contributed by atoms with E-state index < -0.39 is 4.92 Å². The fourth-order valence-electron chi connectivity index (χ4n) is 2.13. The second kappa shape index (κ2) is 4.62. The highest BCUT2D eigenvalue weighted by molar-refractivity contribution is 5.47. The molecule has 0 saturated heterocycles. The second-order valence-corrected chi connectivity index (χ2v) is 4.17. The monoisotopic (exact) mass is 246 g/mol. The summed E-state index contributed by atoms with van der Waals surface area (Å²) in [5.41, 5.74) is 3.47. The fraction of sp³-hybridized carbons (Fsp3) is 0.231. The van der Waals surface area contributed by atoms with Crippen LogP contribution in [0.5, 0.6) is 0 Å². The molecule has 0 unspecified atom stereocenters. The summed E-state index contributed by atoms with van der Waals surface area (Å²) >= 11 is 0. The summed E-state index contributed by atoms with van der Waals surface area (Å²) in [6.07, 6.45) is 0. The minimum atomic E-state index is -0.412. The molecule has 0 fully saturated rings. The summed E-state index contributed by atoms with van der Waals surface area (Å²) in [7, 11) is 0. The lowest BCUT2D eigenvalue weighted by Gasteiger charge is -2.09. The number of rotatable bonds is 3. The molecule has 5 nitrogen and oxygen atoms in total. The van der Waals surface area contributed by atoms with Crippen LogP contribution in [0.1, 0.15) is 17.0 Å². The summed E-state index contributed by atoms with van der Waals surface area (Å²) in [6, 6.07) is 8.35. The Morgan fingerprint density at radius 3 is 2.61 bits per heavy atom. The second-order valence-electron chi connectivity index (χ2n) is 4.17. The lowest BCUT2D eigenvalue weighted by atomic mass is 10.2. The van der Waals surface area contributed by atoms with Crippen LogP contribution in [0.4, 0.5) is 5.69 Å². The Bertz CT molecular complexity index is 602. The molecule has 1 aromatic carbocycles. The number of nitro groups is 1. The molecule has 1 heterocycles. The lowest BCUT2D eigenvalue weighted by molar-refractivity contribution is -0.384. The zero-order chi connectivity index (χ0) is 13.3. The van der Waals surface area contributed by atoms with Crippen molar-refractivity contribution >= 4 is 5.69 Å². The van der Waals surface area contributed by atoms with Crippen LogP contribution in [0.25, 0.3) is 5.69 Å². The van der Waals surface area contributed by atoms with Crippen LogP contribution < -0.4 is 0 Å². The van der Waals surface area contributed by atoms with E-state index >= 15 is 0 Å². The Kier molecular flexibility index (Phi) is 3.16. The van der Waals surface area contributed by atoms with Crippen LogP contribution in [0, 0.1) is 24.0 Å². The molecule has 0 aliphatic rings. The quantitative estimate of drug-likeness (QED) is 0.668. The van der Waals surface area contributed by atoms with Crippen LogP contribution in [0.2, 0.25) is 0 Å². The number of benzene rings is 1. The molecule has 2 aromatic rings. The Balaban J connectivity index is 2.58. The summed E-state index contributed by atoms with van der Waals surface area (Å²) < 4.78 is 1.90. The van der Waals surface area contributed by atoms with E-state index in [-0.39, 0.29) is 12.3 Å². The van der Waals surface area contributed by atoms with Crippen molar-refractivity contribution in [2.75, 3.05) is 0 Å². The Morgan fingerprint density at radius 2 is 2.06 bits per heavy atom. The fourth-order valence-corrected chi connectivity index (χ4v) is 2.13. The Morgan fingerprint density at radius 1 is 1.33 bits per heavy atom. The van der Waals surface area contributed by atoms with E-state index in [1.54, 1.807) is 6.07 Å². The third kappa shape index (κ3) is 2.00. The van der Waals surface area contributed by atoms with Gasteiger partial charge in [0.2, 0.25) is 0 Å². The molecule has 0 radical (unpaired) electrons. The van der Waals surface area contributed by atoms with Gasteiger partial charge in [0.1, 0.15) is 0 Å². The van der Waals surface area contributed by atoms with Gasteiger partial charge in [-0.2, -0.15) is 0 Å². The first-order valence-electron chi connectivity index (χ1n) is 5.58. The highest BCUT2D eigenvalue weighted by atomic mass is 16.6. The van der Waals surface area contributed by atoms with Crippen molar-refractivity contribution in [2.24, 2.45) is 0 Å². The number of aromatic nitrogens is 1. The molecule has 2 rings (SSSR count). The number of nitro benzene ring substituents is 1. The van der Waals surface area contributed by atoms with E-state index in [0.29, 0.717) is 0 Å². The first-order valence-corrected chi connectivity index (χ1v) is 5.58. The number of aliphatic hydroxyl groups excluding tert-OH is 1. The summed E-state index contributed by atoms with van der Waals surface area (Å²) in [5, 5.41) is 20.0. The largest absolute Gasteiger partial charge is 0.392 e. The zero-order valence-corrected chi connectivity index (χ0v) is 10.3. The number of aryl methyl sites for hydroxylation is 1. The van der Waals surface area contributed by atoms with Crippen LogP contribution in [0.3, 0.4) is 0 Å². The van der Waals surface area contributed by atoms with Crippen molar-refractivity contribution in [3.63, 3.8) is 0 Å². The molecule has 0 atom stereocenters. The van der Waals surface area contributed by atoms with Gasteiger partial charge < -0.3 is 9.67 Å². The number of hydrogen-bond acceptors (Lipinski definition) is 3. The lowest BCUT2D eigenvalue weighted by Crippen LogP contribution is -2.00. The first kappa shape index (κ1) is 12.3. The molecule has 0 aliphatic carbocycles. The predicted octanol–water partition coefficient (Wildman–Crippen LogP) is 2.49. The van der Waals surface area contributed by atoms with Crippen LogP contribution >= 0.6 is 0 Å². The number of non-ortho nitro benzene ring substituents is 1. The van der Waals surface area contributed by atoms with Gasteiger partial charge >= 0.3 is 0 Å². The van der Waals surface area contributed by atoms with E-state index in [9.17, 15) is 15.2 Å².